The van der Waals surface area contributed by atoms with Gasteiger partial charge in [0, 0.05) is 10.6 Å². The van der Waals surface area contributed by atoms with Crippen molar-refractivity contribution in [2.75, 3.05) is 0 Å². The van der Waals surface area contributed by atoms with Crippen LogP contribution >= 0.6 is 27.5 Å². The molecule has 0 saturated heterocycles. The van der Waals surface area contributed by atoms with Gasteiger partial charge in [0.1, 0.15) is 17.0 Å². The first kappa shape index (κ1) is 11.4. The van der Waals surface area contributed by atoms with Gasteiger partial charge in [0.2, 0.25) is 0 Å². The fourth-order valence-electron chi connectivity index (χ4n) is 1.22. The summed E-state index contributed by atoms with van der Waals surface area (Å²) in [4.78, 5) is 4.07. The third-order valence-corrected chi connectivity index (χ3v) is 2.89. The molecular formula is C12H9BrClNO. The molecule has 0 fully saturated rings. The zero-order valence-electron chi connectivity index (χ0n) is 8.36. The normalized spacial score (nSPS) is 10.1. The minimum absolute atomic E-state index is 0.447. The highest BCUT2D eigenvalue weighted by molar-refractivity contribution is 9.10. The van der Waals surface area contributed by atoms with Crippen LogP contribution in [0, 0.1) is 0 Å². The van der Waals surface area contributed by atoms with Gasteiger partial charge < -0.3 is 4.74 Å². The number of pyridine rings is 1. The molecule has 1 aromatic carbocycles. The number of hydrogen-bond acceptors (Lipinski definition) is 2. The summed E-state index contributed by atoms with van der Waals surface area (Å²) in [6.07, 6.45) is 1.67. The second-order valence-corrected chi connectivity index (χ2v) is 4.42. The van der Waals surface area contributed by atoms with Crippen molar-refractivity contribution >= 4 is 27.5 Å². The lowest BCUT2D eigenvalue weighted by Crippen LogP contribution is -1.96. The Balaban J connectivity index is 2.02. The van der Waals surface area contributed by atoms with Crippen LogP contribution in [0.1, 0.15) is 5.56 Å². The van der Waals surface area contributed by atoms with E-state index in [0.29, 0.717) is 11.6 Å². The molecule has 0 aliphatic rings. The van der Waals surface area contributed by atoms with Crippen molar-refractivity contribution in [1.29, 1.82) is 0 Å². The minimum atomic E-state index is 0.447. The van der Waals surface area contributed by atoms with Gasteiger partial charge in [-0.25, -0.2) is 4.98 Å². The van der Waals surface area contributed by atoms with E-state index in [2.05, 4.69) is 20.9 Å². The Morgan fingerprint density at radius 2 is 2.00 bits per heavy atom. The highest BCUT2D eigenvalue weighted by Crippen LogP contribution is 2.18. The Hall–Kier alpha value is -1.06. The van der Waals surface area contributed by atoms with Gasteiger partial charge in [-0.15, -0.1) is 0 Å². The van der Waals surface area contributed by atoms with Gasteiger partial charge in [0.25, 0.3) is 0 Å². The highest BCUT2D eigenvalue weighted by atomic mass is 79.9. The van der Waals surface area contributed by atoms with Crippen LogP contribution in [0.2, 0.25) is 5.02 Å². The van der Waals surface area contributed by atoms with E-state index < -0.39 is 0 Å². The summed E-state index contributed by atoms with van der Waals surface area (Å²) in [5.41, 5.74) is 0.965. The molecule has 2 aromatic rings. The van der Waals surface area contributed by atoms with E-state index in [9.17, 15) is 0 Å². The predicted octanol–water partition coefficient (Wildman–Crippen LogP) is 4.08. The summed E-state index contributed by atoms with van der Waals surface area (Å²) in [5, 5.41) is 0.715. The summed E-state index contributed by atoms with van der Waals surface area (Å²) >= 11 is 9.28. The molecule has 2 rings (SSSR count). The number of aromatic nitrogens is 1. The molecule has 16 heavy (non-hydrogen) atoms. The fourth-order valence-corrected chi connectivity index (χ4v) is 1.65. The smallest absolute Gasteiger partial charge is 0.138 e. The minimum Gasteiger partial charge on any atom is -0.487 e. The molecule has 2 nitrogen and oxygen atoms in total. The molecule has 0 bridgehead atoms. The molecular weight excluding hydrogens is 289 g/mol. The van der Waals surface area contributed by atoms with Crippen LogP contribution in [0.5, 0.6) is 5.75 Å². The average Bonchev–Trinajstić information content (AvgIpc) is 2.30. The molecule has 0 atom stereocenters. The maximum atomic E-state index is 6.01. The van der Waals surface area contributed by atoms with E-state index in [4.69, 9.17) is 16.3 Å². The van der Waals surface area contributed by atoms with Crippen LogP contribution in [0.15, 0.2) is 47.2 Å². The van der Waals surface area contributed by atoms with E-state index in [-0.39, 0.29) is 0 Å². The lowest BCUT2D eigenvalue weighted by Gasteiger charge is -2.07. The number of halogens is 2. The summed E-state index contributed by atoms with van der Waals surface area (Å²) < 4.78 is 6.35. The number of nitrogens with zero attached hydrogens (tertiary/aromatic N) is 1. The summed E-state index contributed by atoms with van der Waals surface area (Å²) in [6, 6.07) is 11.3. The molecule has 0 spiro atoms. The van der Waals surface area contributed by atoms with Crippen LogP contribution in [0.3, 0.4) is 0 Å². The Morgan fingerprint density at radius 3 is 2.69 bits per heavy atom. The summed E-state index contributed by atoms with van der Waals surface area (Å²) in [5.74, 6) is 0.725. The third-order valence-electron chi connectivity index (χ3n) is 2.05. The zero-order valence-corrected chi connectivity index (χ0v) is 10.7. The molecule has 4 heteroatoms. The molecule has 1 heterocycles. The van der Waals surface area contributed by atoms with Gasteiger partial charge in [0.05, 0.1) is 6.20 Å². The summed E-state index contributed by atoms with van der Waals surface area (Å²) in [6.45, 7) is 0.447. The molecule has 82 valence electrons. The quantitative estimate of drug-likeness (QED) is 0.797. The van der Waals surface area contributed by atoms with Gasteiger partial charge in [-0.3, -0.25) is 0 Å². The predicted molar refractivity (Wildman–Crippen MR) is 67.7 cm³/mol. The van der Waals surface area contributed by atoms with Crippen LogP contribution in [0.25, 0.3) is 0 Å². The van der Waals surface area contributed by atoms with Crippen LogP contribution < -0.4 is 4.74 Å². The van der Waals surface area contributed by atoms with Crippen LogP contribution in [-0.4, -0.2) is 4.98 Å². The molecule has 1 aromatic heterocycles. The van der Waals surface area contributed by atoms with Crippen molar-refractivity contribution in [2.45, 2.75) is 6.61 Å². The average molecular weight is 299 g/mol. The van der Waals surface area contributed by atoms with Crippen molar-refractivity contribution in [3.8, 4) is 5.75 Å². The van der Waals surface area contributed by atoms with Crippen molar-refractivity contribution in [2.24, 2.45) is 0 Å². The maximum absolute atomic E-state index is 6.01. The van der Waals surface area contributed by atoms with Crippen molar-refractivity contribution < 1.29 is 4.74 Å². The number of benzene rings is 1. The largest absolute Gasteiger partial charge is 0.487 e. The fraction of sp³-hybridized carbons (Fsp3) is 0.0833. The van der Waals surface area contributed by atoms with E-state index in [1.54, 1.807) is 6.20 Å². The molecule has 0 amide bonds. The van der Waals surface area contributed by atoms with Gasteiger partial charge in [-0.05, 0) is 34.1 Å². The lowest BCUT2D eigenvalue weighted by atomic mass is 10.2. The van der Waals surface area contributed by atoms with Gasteiger partial charge >= 0.3 is 0 Å². The number of rotatable bonds is 3. The topological polar surface area (TPSA) is 22.1 Å². The second-order valence-electron chi connectivity index (χ2n) is 3.20. The molecule has 0 unspecified atom stereocenters. The van der Waals surface area contributed by atoms with Gasteiger partial charge in [-0.1, -0.05) is 29.8 Å². The van der Waals surface area contributed by atoms with Crippen LogP contribution in [-0.2, 0) is 6.61 Å². The highest BCUT2D eigenvalue weighted by Gasteiger charge is 2.00. The van der Waals surface area contributed by atoms with Gasteiger partial charge in [-0.2, -0.15) is 0 Å². The van der Waals surface area contributed by atoms with Crippen molar-refractivity contribution in [1.82, 2.24) is 4.98 Å². The molecule has 0 N–H and O–H groups in total. The Labute approximate surface area is 107 Å². The van der Waals surface area contributed by atoms with E-state index >= 15 is 0 Å². The van der Waals surface area contributed by atoms with Gasteiger partial charge in [0.15, 0.2) is 0 Å². The number of hydrogen-bond donors (Lipinski definition) is 0. The molecule has 0 aliphatic heterocycles. The molecule has 0 aliphatic carbocycles. The van der Waals surface area contributed by atoms with E-state index in [1.807, 2.05) is 36.4 Å². The lowest BCUT2D eigenvalue weighted by molar-refractivity contribution is 0.305. The first-order chi connectivity index (χ1) is 7.75. The maximum Gasteiger partial charge on any atom is 0.138 e. The first-order valence-electron chi connectivity index (χ1n) is 4.73. The summed E-state index contributed by atoms with van der Waals surface area (Å²) in [7, 11) is 0. The molecule has 0 saturated carbocycles. The third kappa shape index (κ3) is 2.97. The second kappa shape index (κ2) is 5.32. The van der Waals surface area contributed by atoms with Crippen molar-refractivity contribution in [3.63, 3.8) is 0 Å². The van der Waals surface area contributed by atoms with E-state index in [0.717, 1.165) is 15.9 Å². The Kier molecular flexibility index (Phi) is 3.80. The molecule has 0 radical (unpaired) electrons. The SMILES string of the molecule is Clc1ccccc1COc1ccc(Br)nc1. The van der Waals surface area contributed by atoms with Crippen LogP contribution in [0.4, 0.5) is 0 Å². The standard InChI is InChI=1S/C12H9BrClNO/c13-12-6-5-10(7-15-12)16-8-9-3-1-2-4-11(9)14/h1-7H,8H2. The Bertz CT molecular complexity index is 473. The monoisotopic (exact) mass is 297 g/mol. The van der Waals surface area contributed by atoms with E-state index in [1.165, 1.54) is 0 Å². The number of ether oxygens (including phenoxy) is 1. The van der Waals surface area contributed by atoms with Crippen molar-refractivity contribution in [3.05, 3.63) is 57.8 Å². The Morgan fingerprint density at radius 1 is 1.19 bits per heavy atom. The first-order valence-corrected chi connectivity index (χ1v) is 5.90. The zero-order chi connectivity index (χ0) is 11.4.